The van der Waals surface area contributed by atoms with Crippen molar-refractivity contribution in [3.63, 3.8) is 0 Å². The first-order valence-electron chi connectivity index (χ1n) is 5.73. The van der Waals surface area contributed by atoms with Crippen LogP contribution in [0.25, 0.3) is 0 Å². The zero-order chi connectivity index (χ0) is 14.0. The zero-order valence-corrected chi connectivity index (χ0v) is 12.9. The van der Waals surface area contributed by atoms with Crippen LogP contribution in [0.4, 0.5) is 11.9 Å². The number of hydrogen-bond donors (Lipinski definition) is 1. The van der Waals surface area contributed by atoms with Crippen LogP contribution in [0.2, 0.25) is 0 Å². The summed E-state index contributed by atoms with van der Waals surface area (Å²) in [5, 5.41) is 2.11. The minimum Gasteiger partial charge on any atom is -0.368 e. The Kier molecular flexibility index (Phi) is 4.20. The fourth-order valence-electron chi connectivity index (χ4n) is 1.37. The number of rotatable bonds is 4. The minimum absolute atomic E-state index is 0.0783. The summed E-state index contributed by atoms with van der Waals surface area (Å²) in [5.41, 5.74) is 6.75. The van der Waals surface area contributed by atoms with E-state index in [9.17, 15) is 0 Å². The SMILES string of the molecule is Cc1csc(S[C@@H](C)c2nc(N)nc(N(C)C)n2)n1. The molecule has 2 aromatic rings. The first-order chi connectivity index (χ1) is 8.95. The summed E-state index contributed by atoms with van der Waals surface area (Å²) in [4.78, 5) is 18.9. The van der Waals surface area contributed by atoms with Crippen molar-refractivity contribution >= 4 is 35.0 Å². The van der Waals surface area contributed by atoms with Crippen molar-refractivity contribution in [2.75, 3.05) is 24.7 Å². The number of aryl methyl sites for hydroxylation is 1. The van der Waals surface area contributed by atoms with E-state index in [0.717, 1.165) is 10.0 Å². The Morgan fingerprint density at radius 1 is 1.26 bits per heavy atom. The molecule has 102 valence electrons. The van der Waals surface area contributed by atoms with Gasteiger partial charge in [0, 0.05) is 25.2 Å². The van der Waals surface area contributed by atoms with Crippen LogP contribution in [0.5, 0.6) is 0 Å². The highest BCUT2D eigenvalue weighted by Gasteiger charge is 2.15. The van der Waals surface area contributed by atoms with Gasteiger partial charge in [-0.25, -0.2) is 4.98 Å². The topological polar surface area (TPSA) is 80.8 Å². The molecule has 0 bridgehead atoms. The summed E-state index contributed by atoms with van der Waals surface area (Å²) in [5.74, 6) is 1.50. The number of hydrogen-bond acceptors (Lipinski definition) is 8. The van der Waals surface area contributed by atoms with Gasteiger partial charge < -0.3 is 10.6 Å². The third kappa shape index (κ3) is 3.54. The Bertz CT molecular complexity index is 568. The van der Waals surface area contributed by atoms with Crippen molar-refractivity contribution in [1.29, 1.82) is 0 Å². The van der Waals surface area contributed by atoms with Gasteiger partial charge in [0.05, 0.1) is 5.25 Å². The maximum atomic E-state index is 5.72. The van der Waals surface area contributed by atoms with Gasteiger partial charge in [-0.2, -0.15) is 15.0 Å². The van der Waals surface area contributed by atoms with Crippen molar-refractivity contribution < 1.29 is 0 Å². The number of anilines is 2. The molecule has 0 saturated carbocycles. The highest BCUT2D eigenvalue weighted by Crippen LogP contribution is 2.35. The van der Waals surface area contributed by atoms with Gasteiger partial charge in [-0.1, -0.05) is 11.8 Å². The van der Waals surface area contributed by atoms with Crippen LogP contribution in [0.3, 0.4) is 0 Å². The molecule has 0 aliphatic heterocycles. The second kappa shape index (κ2) is 5.70. The normalized spacial score (nSPS) is 12.4. The summed E-state index contributed by atoms with van der Waals surface area (Å²) < 4.78 is 1.01. The van der Waals surface area contributed by atoms with Crippen LogP contribution in [0, 0.1) is 6.92 Å². The van der Waals surface area contributed by atoms with E-state index in [1.54, 1.807) is 23.1 Å². The second-order valence-corrected chi connectivity index (χ2v) is 6.71. The predicted molar refractivity (Wildman–Crippen MR) is 79.7 cm³/mol. The minimum atomic E-state index is 0.0783. The lowest BCUT2D eigenvalue weighted by atomic mass is 10.4. The highest BCUT2D eigenvalue weighted by atomic mass is 32.2. The maximum absolute atomic E-state index is 5.72. The Labute approximate surface area is 120 Å². The molecule has 0 saturated heterocycles. The van der Waals surface area contributed by atoms with E-state index in [0.29, 0.717) is 11.8 Å². The van der Waals surface area contributed by atoms with Gasteiger partial charge in [-0.3, -0.25) is 0 Å². The fraction of sp³-hybridized carbons (Fsp3) is 0.455. The first kappa shape index (κ1) is 14.0. The molecule has 0 fully saturated rings. The van der Waals surface area contributed by atoms with E-state index in [2.05, 4.69) is 19.9 Å². The molecule has 2 heterocycles. The van der Waals surface area contributed by atoms with Gasteiger partial charge in [0.25, 0.3) is 0 Å². The predicted octanol–water partition coefficient (Wildman–Crippen LogP) is 2.14. The van der Waals surface area contributed by atoms with E-state index in [1.165, 1.54) is 0 Å². The summed E-state index contributed by atoms with van der Waals surface area (Å²) in [6, 6.07) is 0. The lowest BCUT2D eigenvalue weighted by Gasteiger charge is -2.13. The van der Waals surface area contributed by atoms with Crippen LogP contribution in [0.15, 0.2) is 9.72 Å². The van der Waals surface area contributed by atoms with Crippen molar-refractivity contribution in [3.05, 3.63) is 16.9 Å². The smallest absolute Gasteiger partial charge is 0.229 e. The number of thiazole rings is 1. The van der Waals surface area contributed by atoms with Gasteiger partial charge >= 0.3 is 0 Å². The van der Waals surface area contributed by atoms with Crippen molar-refractivity contribution in [2.45, 2.75) is 23.4 Å². The van der Waals surface area contributed by atoms with Crippen LogP contribution in [0.1, 0.15) is 23.7 Å². The summed E-state index contributed by atoms with van der Waals surface area (Å²) in [6.07, 6.45) is 0. The first-order valence-corrected chi connectivity index (χ1v) is 7.49. The monoisotopic (exact) mass is 296 g/mol. The Morgan fingerprint density at radius 3 is 2.58 bits per heavy atom. The Morgan fingerprint density at radius 2 is 2.00 bits per heavy atom. The molecule has 1 atom stereocenters. The van der Waals surface area contributed by atoms with Crippen molar-refractivity contribution in [2.24, 2.45) is 0 Å². The average molecular weight is 296 g/mol. The van der Waals surface area contributed by atoms with Gasteiger partial charge in [0.2, 0.25) is 11.9 Å². The molecule has 0 aromatic carbocycles. The molecule has 0 unspecified atom stereocenters. The van der Waals surface area contributed by atoms with Gasteiger partial charge in [-0.15, -0.1) is 11.3 Å². The standard InChI is InChI=1S/C11H16N6S2/c1-6-5-18-11(13-6)19-7(2)8-14-9(12)16-10(15-8)17(3)4/h5,7H,1-4H3,(H2,12,14,15,16)/t7-/m0/s1. The molecule has 0 aliphatic rings. The molecule has 0 amide bonds. The average Bonchev–Trinajstić information content (AvgIpc) is 2.73. The van der Waals surface area contributed by atoms with Crippen molar-refractivity contribution in [1.82, 2.24) is 19.9 Å². The molecule has 0 spiro atoms. The number of aromatic nitrogens is 4. The molecule has 8 heteroatoms. The maximum Gasteiger partial charge on any atom is 0.229 e. The Hall–Kier alpha value is -1.41. The quantitative estimate of drug-likeness (QED) is 0.866. The molecular weight excluding hydrogens is 280 g/mol. The molecule has 19 heavy (non-hydrogen) atoms. The number of nitrogen functional groups attached to an aromatic ring is 1. The van der Waals surface area contributed by atoms with Gasteiger partial charge in [0.1, 0.15) is 5.82 Å². The van der Waals surface area contributed by atoms with E-state index >= 15 is 0 Å². The van der Waals surface area contributed by atoms with E-state index in [1.807, 2.05) is 38.2 Å². The zero-order valence-electron chi connectivity index (χ0n) is 11.3. The van der Waals surface area contributed by atoms with E-state index in [-0.39, 0.29) is 11.2 Å². The molecule has 2 aromatic heterocycles. The van der Waals surface area contributed by atoms with Crippen LogP contribution < -0.4 is 10.6 Å². The number of thioether (sulfide) groups is 1. The summed E-state index contributed by atoms with van der Waals surface area (Å²) in [7, 11) is 3.75. The second-order valence-electron chi connectivity index (χ2n) is 4.26. The largest absolute Gasteiger partial charge is 0.368 e. The molecule has 0 aliphatic carbocycles. The Balaban J connectivity index is 2.20. The van der Waals surface area contributed by atoms with Gasteiger partial charge in [0.15, 0.2) is 4.34 Å². The van der Waals surface area contributed by atoms with Gasteiger partial charge in [-0.05, 0) is 13.8 Å². The molecule has 2 rings (SSSR count). The third-order valence-corrected chi connectivity index (χ3v) is 4.48. The van der Waals surface area contributed by atoms with Crippen LogP contribution in [-0.2, 0) is 0 Å². The number of nitrogens with zero attached hydrogens (tertiary/aromatic N) is 5. The molecule has 2 N–H and O–H groups in total. The van der Waals surface area contributed by atoms with E-state index < -0.39 is 0 Å². The number of nitrogens with two attached hydrogens (primary N) is 1. The molecule has 6 nitrogen and oxygen atoms in total. The summed E-state index contributed by atoms with van der Waals surface area (Å²) in [6.45, 7) is 4.02. The highest BCUT2D eigenvalue weighted by molar-refractivity contribution is 8.01. The lowest BCUT2D eigenvalue weighted by Crippen LogP contribution is -2.16. The van der Waals surface area contributed by atoms with Crippen LogP contribution >= 0.6 is 23.1 Å². The van der Waals surface area contributed by atoms with Crippen molar-refractivity contribution in [3.8, 4) is 0 Å². The third-order valence-electron chi connectivity index (χ3n) is 2.30. The lowest BCUT2D eigenvalue weighted by molar-refractivity contribution is 0.864. The summed E-state index contributed by atoms with van der Waals surface area (Å²) >= 11 is 3.25. The van der Waals surface area contributed by atoms with E-state index in [4.69, 9.17) is 5.73 Å². The van der Waals surface area contributed by atoms with Crippen LogP contribution in [-0.4, -0.2) is 34.0 Å². The molecular formula is C11H16N6S2. The fourth-order valence-corrected chi connectivity index (χ4v) is 3.40. The molecule has 0 radical (unpaired) electrons.